The van der Waals surface area contributed by atoms with Crippen molar-refractivity contribution in [2.24, 2.45) is 0 Å². The first-order valence-corrected chi connectivity index (χ1v) is 9.71. The molecule has 0 aliphatic heterocycles. The zero-order valence-corrected chi connectivity index (χ0v) is 17.5. The molecule has 29 heavy (non-hydrogen) atoms. The van der Waals surface area contributed by atoms with Crippen molar-refractivity contribution in [3.8, 4) is 10.6 Å². The predicted molar refractivity (Wildman–Crippen MR) is 107 cm³/mol. The highest BCUT2D eigenvalue weighted by Crippen LogP contribution is 2.33. The van der Waals surface area contributed by atoms with E-state index in [0.29, 0.717) is 27.0 Å². The van der Waals surface area contributed by atoms with Gasteiger partial charge in [0.05, 0.1) is 22.5 Å². The molecule has 0 saturated heterocycles. The predicted octanol–water partition coefficient (Wildman–Crippen LogP) is 5.65. The Bertz CT molecular complexity index is 1040. The maximum atomic E-state index is 12.8. The molecule has 1 amide bonds. The minimum Gasteiger partial charge on any atom is -0.306 e. The topological polar surface area (TPSA) is 59.8 Å². The molecular formula is C20H21F3N4OS. The normalized spacial score (nSPS) is 12.3. The average molecular weight is 422 g/mol. The third kappa shape index (κ3) is 4.50. The largest absolute Gasteiger partial charge is 0.416 e. The SMILES string of the molecule is Cc1cc(NC(=O)c2sc(-c3ccc(C(F)(F)F)cc3)nc2C)n(C(C)(C)C)n1. The minimum atomic E-state index is -4.39. The summed E-state index contributed by atoms with van der Waals surface area (Å²) >= 11 is 1.14. The summed E-state index contributed by atoms with van der Waals surface area (Å²) in [5.74, 6) is 0.243. The molecule has 2 heterocycles. The average Bonchev–Trinajstić information content (AvgIpc) is 3.17. The highest BCUT2D eigenvalue weighted by atomic mass is 32.1. The van der Waals surface area contributed by atoms with Crippen LogP contribution < -0.4 is 5.32 Å². The van der Waals surface area contributed by atoms with Crippen molar-refractivity contribution < 1.29 is 18.0 Å². The van der Waals surface area contributed by atoms with Gasteiger partial charge >= 0.3 is 6.18 Å². The lowest BCUT2D eigenvalue weighted by Gasteiger charge is -2.22. The lowest BCUT2D eigenvalue weighted by molar-refractivity contribution is -0.137. The van der Waals surface area contributed by atoms with Crippen molar-refractivity contribution in [2.75, 3.05) is 5.32 Å². The van der Waals surface area contributed by atoms with Gasteiger partial charge in [-0.1, -0.05) is 12.1 Å². The third-order valence-electron chi connectivity index (χ3n) is 4.17. The fourth-order valence-corrected chi connectivity index (χ4v) is 3.77. The van der Waals surface area contributed by atoms with Gasteiger partial charge in [0, 0.05) is 11.6 Å². The fourth-order valence-electron chi connectivity index (χ4n) is 2.81. The number of thiazole rings is 1. The summed E-state index contributed by atoms with van der Waals surface area (Å²) < 4.78 is 40.0. The molecule has 3 aromatic rings. The number of anilines is 1. The molecule has 0 fully saturated rings. The number of benzene rings is 1. The summed E-state index contributed by atoms with van der Waals surface area (Å²) in [6.45, 7) is 9.49. The van der Waals surface area contributed by atoms with E-state index in [1.165, 1.54) is 12.1 Å². The molecule has 0 atom stereocenters. The standard InChI is InChI=1S/C20H21F3N4OS/c1-11-10-15(27(26-11)19(3,4)5)25-17(28)16-12(2)24-18(29-16)13-6-8-14(9-7-13)20(21,22)23/h6-10H,1-5H3,(H,25,28). The number of nitrogens with one attached hydrogen (secondary N) is 1. The molecule has 0 saturated carbocycles. The first-order valence-electron chi connectivity index (χ1n) is 8.90. The lowest BCUT2D eigenvalue weighted by Crippen LogP contribution is -2.26. The van der Waals surface area contributed by atoms with E-state index in [1.54, 1.807) is 17.7 Å². The van der Waals surface area contributed by atoms with Gasteiger partial charge < -0.3 is 5.32 Å². The molecule has 2 aromatic heterocycles. The number of rotatable bonds is 3. The second-order valence-corrected chi connectivity index (χ2v) is 8.72. The van der Waals surface area contributed by atoms with Crippen LogP contribution in [0.5, 0.6) is 0 Å². The third-order valence-corrected chi connectivity index (χ3v) is 5.38. The Kier molecular flexibility index (Phi) is 5.29. The second kappa shape index (κ2) is 7.29. The van der Waals surface area contributed by atoms with Crippen LogP contribution in [0.25, 0.3) is 10.6 Å². The van der Waals surface area contributed by atoms with Gasteiger partial charge in [0.2, 0.25) is 0 Å². The van der Waals surface area contributed by atoms with Crippen molar-refractivity contribution in [3.05, 3.63) is 52.2 Å². The Balaban J connectivity index is 1.87. The van der Waals surface area contributed by atoms with Gasteiger partial charge in [-0.3, -0.25) is 4.79 Å². The molecule has 1 N–H and O–H groups in total. The van der Waals surface area contributed by atoms with Crippen LogP contribution in [0.1, 0.15) is 47.4 Å². The summed E-state index contributed by atoms with van der Waals surface area (Å²) in [5.41, 5.74) is 0.784. The van der Waals surface area contributed by atoms with E-state index in [9.17, 15) is 18.0 Å². The van der Waals surface area contributed by atoms with Crippen LogP contribution in [0.3, 0.4) is 0 Å². The van der Waals surface area contributed by atoms with Crippen molar-refractivity contribution >= 4 is 23.1 Å². The van der Waals surface area contributed by atoms with E-state index in [0.717, 1.165) is 29.2 Å². The number of carbonyl (C=O) groups excluding carboxylic acids is 1. The number of aryl methyl sites for hydroxylation is 2. The van der Waals surface area contributed by atoms with Gasteiger partial charge in [-0.2, -0.15) is 18.3 Å². The van der Waals surface area contributed by atoms with E-state index in [1.807, 2.05) is 27.7 Å². The number of carbonyl (C=O) groups is 1. The fraction of sp³-hybridized carbons (Fsp3) is 0.350. The van der Waals surface area contributed by atoms with Gasteiger partial charge in [0.1, 0.15) is 15.7 Å². The number of halogens is 3. The second-order valence-electron chi connectivity index (χ2n) is 7.72. The highest BCUT2D eigenvalue weighted by molar-refractivity contribution is 7.17. The lowest BCUT2D eigenvalue weighted by atomic mass is 10.1. The first-order chi connectivity index (χ1) is 13.4. The van der Waals surface area contributed by atoms with E-state index in [2.05, 4.69) is 15.4 Å². The minimum absolute atomic E-state index is 0.314. The van der Waals surface area contributed by atoms with Crippen LogP contribution >= 0.6 is 11.3 Å². The number of nitrogens with zero attached hydrogens (tertiary/aromatic N) is 3. The molecule has 3 rings (SSSR count). The Hall–Kier alpha value is -2.68. The molecule has 0 spiro atoms. The van der Waals surface area contributed by atoms with Crippen molar-refractivity contribution in [1.82, 2.24) is 14.8 Å². The summed E-state index contributed by atoms with van der Waals surface area (Å²) in [6.07, 6.45) is -4.39. The van der Waals surface area contributed by atoms with Gasteiger partial charge in [0.25, 0.3) is 5.91 Å². The van der Waals surface area contributed by atoms with Crippen molar-refractivity contribution in [1.29, 1.82) is 0 Å². The molecule has 0 bridgehead atoms. The molecule has 0 unspecified atom stereocenters. The number of hydrogen-bond acceptors (Lipinski definition) is 4. The van der Waals surface area contributed by atoms with Gasteiger partial charge in [-0.05, 0) is 46.8 Å². The van der Waals surface area contributed by atoms with Crippen molar-refractivity contribution in [2.45, 2.75) is 46.3 Å². The van der Waals surface area contributed by atoms with Gasteiger partial charge in [-0.15, -0.1) is 11.3 Å². The molecule has 0 radical (unpaired) electrons. The van der Waals surface area contributed by atoms with Crippen LogP contribution in [-0.2, 0) is 11.7 Å². The van der Waals surface area contributed by atoms with Crippen LogP contribution in [0.2, 0.25) is 0 Å². The zero-order valence-electron chi connectivity index (χ0n) is 16.7. The maximum Gasteiger partial charge on any atom is 0.416 e. The van der Waals surface area contributed by atoms with Crippen molar-refractivity contribution in [3.63, 3.8) is 0 Å². The van der Waals surface area contributed by atoms with Crippen LogP contribution in [-0.4, -0.2) is 20.7 Å². The monoisotopic (exact) mass is 422 g/mol. The molecule has 0 aliphatic carbocycles. The summed E-state index contributed by atoms with van der Waals surface area (Å²) in [4.78, 5) is 17.6. The molecule has 5 nitrogen and oxygen atoms in total. The van der Waals surface area contributed by atoms with Gasteiger partial charge in [0.15, 0.2) is 0 Å². The van der Waals surface area contributed by atoms with Crippen LogP contribution in [0.4, 0.5) is 19.0 Å². The number of aromatic nitrogens is 3. The molecule has 0 aliphatic rings. The maximum absolute atomic E-state index is 12.8. The Morgan fingerprint density at radius 2 is 1.72 bits per heavy atom. The zero-order chi connectivity index (χ0) is 21.6. The first kappa shape index (κ1) is 21.0. The number of amides is 1. The quantitative estimate of drug-likeness (QED) is 0.593. The molecule has 9 heteroatoms. The molecule has 154 valence electrons. The number of alkyl halides is 3. The van der Waals surface area contributed by atoms with Crippen LogP contribution in [0, 0.1) is 13.8 Å². The van der Waals surface area contributed by atoms with E-state index in [4.69, 9.17) is 0 Å². The Morgan fingerprint density at radius 1 is 1.10 bits per heavy atom. The van der Waals surface area contributed by atoms with Gasteiger partial charge in [-0.25, -0.2) is 9.67 Å². The highest BCUT2D eigenvalue weighted by Gasteiger charge is 2.30. The summed E-state index contributed by atoms with van der Waals surface area (Å²) in [6, 6.07) is 6.53. The molecular weight excluding hydrogens is 401 g/mol. The van der Waals surface area contributed by atoms with E-state index in [-0.39, 0.29) is 11.4 Å². The van der Waals surface area contributed by atoms with E-state index >= 15 is 0 Å². The Labute approximate surface area is 170 Å². The van der Waals surface area contributed by atoms with Crippen LogP contribution in [0.15, 0.2) is 30.3 Å². The smallest absolute Gasteiger partial charge is 0.306 e. The summed E-state index contributed by atoms with van der Waals surface area (Å²) in [5, 5.41) is 7.79. The summed E-state index contributed by atoms with van der Waals surface area (Å²) in [7, 11) is 0. The number of hydrogen-bond donors (Lipinski definition) is 1. The van der Waals surface area contributed by atoms with E-state index < -0.39 is 11.7 Å². The Morgan fingerprint density at radius 3 is 2.28 bits per heavy atom. The molecule has 1 aromatic carbocycles.